The van der Waals surface area contributed by atoms with Gasteiger partial charge in [-0.3, -0.25) is 4.90 Å². The van der Waals surface area contributed by atoms with Crippen molar-refractivity contribution in [2.24, 2.45) is 0 Å². The number of nitriles is 1. The van der Waals surface area contributed by atoms with Gasteiger partial charge in [0, 0.05) is 56.5 Å². The zero-order valence-corrected chi connectivity index (χ0v) is 22.0. The number of anilines is 2. The van der Waals surface area contributed by atoms with E-state index in [1.54, 1.807) is 12.3 Å². The number of nitrogens with zero attached hydrogens (tertiary/aromatic N) is 5. The summed E-state index contributed by atoms with van der Waals surface area (Å²) in [5.74, 6) is 0.892. The van der Waals surface area contributed by atoms with Crippen LogP contribution in [0.1, 0.15) is 29.9 Å². The van der Waals surface area contributed by atoms with Crippen LogP contribution in [-0.4, -0.2) is 52.3 Å². The molecule has 2 aromatic heterocycles. The fourth-order valence-electron chi connectivity index (χ4n) is 5.02. The molecule has 8 nitrogen and oxygen atoms in total. The van der Waals surface area contributed by atoms with Gasteiger partial charge in [-0.15, -0.1) is 0 Å². The molecular weight excluding hydrogens is 486 g/mol. The van der Waals surface area contributed by atoms with Gasteiger partial charge in [-0.05, 0) is 36.1 Å². The highest BCUT2D eigenvalue weighted by Crippen LogP contribution is 2.34. The first kappa shape index (κ1) is 26.0. The average molecular weight is 518 g/mol. The highest BCUT2D eigenvalue weighted by molar-refractivity contribution is 5.84. The maximum absolute atomic E-state index is 11.3. The maximum atomic E-state index is 11.3. The number of rotatable bonds is 9. The minimum atomic E-state index is 0.185. The minimum Gasteiger partial charge on any atom is -0.387 e. The van der Waals surface area contributed by atoms with E-state index in [4.69, 9.17) is 10.2 Å². The molecule has 0 amide bonds. The monoisotopic (exact) mass is 517 g/mol. The number of hydrogen-bond donors (Lipinski definition) is 2. The van der Waals surface area contributed by atoms with Gasteiger partial charge >= 0.3 is 0 Å². The second-order valence-electron chi connectivity index (χ2n) is 9.63. The molecule has 0 radical (unpaired) electrons. The summed E-state index contributed by atoms with van der Waals surface area (Å²) in [7, 11) is 1.86. The van der Waals surface area contributed by atoms with Crippen LogP contribution >= 0.6 is 0 Å². The van der Waals surface area contributed by atoms with Gasteiger partial charge in [0.1, 0.15) is 18.2 Å². The highest BCUT2D eigenvalue weighted by Gasteiger charge is 2.20. The van der Waals surface area contributed by atoms with E-state index in [2.05, 4.69) is 68.0 Å². The van der Waals surface area contributed by atoms with Crippen molar-refractivity contribution in [3.05, 3.63) is 90.0 Å². The topological polar surface area (TPSA) is 107 Å². The zero-order chi connectivity index (χ0) is 27.0. The van der Waals surface area contributed by atoms with Crippen LogP contribution in [0.3, 0.4) is 0 Å². The summed E-state index contributed by atoms with van der Waals surface area (Å²) in [6, 6.07) is 25.0. The van der Waals surface area contributed by atoms with E-state index >= 15 is 0 Å². The summed E-state index contributed by atoms with van der Waals surface area (Å²) in [6.45, 7) is 2.85. The quantitative estimate of drug-likeness (QED) is 0.301. The molecule has 1 aliphatic rings. The third-order valence-corrected chi connectivity index (χ3v) is 7.06. The predicted molar refractivity (Wildman–Crippen MR) is 153 cm³/mol. The average Bonchev–Trinajstić information content (AvgIpc) is 2.99. The van der Waals surface area contributed by atoms with Gasteiger partial charge in [-0.2, -0.15) is 5.26 Å². The molecule has 0 saturated carbocycles. The van der Waals surface area contributed by atoms with Crippen molar-refractivity contribution in [3.8, 4) is 28.5 Å². The molecule has 196 valence electrons. The molecule has 0 aliphatic carbocycles. The fraction of sp³-hybridized carbons (Fsp3) is 0.258. The lowest BCUT2D eigenvalue weighted by atomic mass is 9.97. The minimum absolute atomic E-state index is 0.185. The van der Waals surface area contributed by atoms with E-state index in [1.165, 1.54) is 5.56 Å². The van der Waals surface area contributed by atoms with Gasteiger partial charge in [0.05, 0.1) is 17.1 Å². The normalized spacial score (nSPS) is 13.9. The first-order valence-corrected chi connectivity index (χ1v) is 13.2. The number of carbonyl (C=O) groups excluding carboxylic acids is 1. The predicted octanol–water partition coefficient (Wildman–Crippen LogP) is 4.94. The largest absolute Gasteiger partial charge is 0.387 e. The van der Waals surface area contributed by atoms with Gasteiger partial charge in [-0.1, -0.05) is 54.6 Å². The molecule has 5 rings (SSSR count). The van der Waals surface area contributed by atoms with E-state index in [0.717, 1.165) is 72.5 Å². The molecule has 0 atom stereocenters. The van der Waals surface area contributed by atoms with Crippen LogP contribution in [0.15, 0.2) is 72.9 Å². The summed E-state index contributed by atoms with van der Waals surface area (Å²) in [6.07, 6.45) is 4.78. The second kappa shape index (κ2) is 12.3. The van der Waals surface area contributed by atoms with Crippen LogP contribution in [0, 0.1) is 11.3 Å². The summed E-state index contributed by atoms with van der Waals surface area (Å²) < 4.78 is 0. The third kappa shape index (κ3) is 6.28. The Bertz CT molecular complexity index is 1460. The number of carbonyl (C=O) groups is 1. The zero-order valence-electron chi connectivity index (χ0n) is 22.0. The van der Waals surface area contributed by atoms with E-state index in [1.807, 2.05) is 31.3 Å². The van der Waals surface area contributed by atoms with Crippen LogP contribution in [0.25, 0.3) is 22.4 Å². The van der Waals surface area contributed by atoms with Crippen LogP contribution in [0.4, 0.5) is 11.5 Å². The maximum Gasteiger partial charge on any atom is 0.234 e. The van der Waals surface area contributed by atoms with Crippen molar-refractivity contribution in [1.29, 1.82) is 5.26 Å². The fourth-order valence-corrected chi connectivity index (χ4v) is 5.02. The number of benzene rings is 2. The SMILES string of the molecule is CNc1cc(-c2ccccc2)c(-c2ccc(CN3CCC(Nc4ccnc(C#N)n4)CC3)cc2)nc1CC=O. The standard InChI is InChI=1S/C31H31N7O/c1-33-28-19-26(23-5-3-2-4-6-23)31(36-27(28)14-18-39)24-9-7-22(8-10-24)21-38-16-12-25(13-17-38)35-29-11-15-34-30(20-32)37-29/h2-11,15,18-19,25,33H,12-14,16-17,21H2,1H3,(H,34,35,37). The molecule has 4 aromatic rings. The van der Waals surface area contributed by atoms with Crippen molar-refractivity contribution < 1.29 is 4.79 Å². The summed E-state index contributed by atoms with van der Waals surface area (Å²) in [5.41, 5.74) is 6.87. The van der Waals surface area contributed by atoms with Gasteiger partial charge in [0.25, 0.3) is 0 Å². The third-order valence-electron chi connectivity index (χ3n) is 7.06. The molecular formula is C31H31N7O. The van der Waals surface area contributed by atoms with E-state index in [9.17, 15) is 4.79 Å². The first-order valence-electron chi connectivity index (χ1n) is 13.2. The van der Waals surface area contributed by atoms with Crippen LogP contribution in [0.2, 0.25) is 0 Å². The molecule has 2 aromatic carbocycles. The Hall–Kier alpha value is -4.61. The van der Waals surface area contributed by atoms with Crippen molar-refractivity contribution in [3.63, 3.8) is 0 Å². The van der Waals surface area contributed by atoms with E-state index in [-0.39, 0.29) is 12.2 Å². The molecule has 8 heteroatoms. The molecule has 39 heavy (non-hydrogen) atoms. The van der Waals surface area contributed by atoms with E-state index < -0.39 is 0 Å². The Labute approximate surface area is 228 Å². The molecule has 2 N–H and O–H groups in total. The molecule has 0 unspecified atom stereocenters. The summed E-state index contributed by atoms with van der Waals surface area (Å²) >= 11 is 0. The number of likely N-dealkylation sites (tertiary alicyclic amines) is 1. The Kier molecular flexibility index (Phi) is 8.20. The van der Waals surface area contributed by atoms with Crippen LogP contribution in [-0.2, 0) is 17.8 Å². The van der Waals surface area contributed by atoms with Crippen molar-refractivity contribution in [2.45, 2.75) is 31.8 Å². The summed E-state index contributed by atoms with van der Waals surface area (Å²) in [4.78, 5) is 26.9. The summed E-state index contributed by atoms with van der Waals surface area (Å²) in [5, 5.41) is 15.7. The van der Waals surface area contributed by atoms with Crippen LogP contribution < -0.4 is 10.6 Å². The highest BCUT2D eigenvalue weighted by atomic mass is 16.1. The van der Waals surface area contributed by atoms with Gasteiger partial charge < -0.3 is 15.4 Å². The first-order chi connectivity index (χ1) is 19.2. The lowest BCUT2D eigenvalue weighted by molar-refractivity contribution is -0.107. The molecule has 0 spiro atoms. The Morgan fingerprint density at radius 1 is 1.03 bits per heavy atom. The van der Waals surface area contributed by atoms with Gasteiger partial charge in [0.15, 0.2) is 0 Å². The van der Waals surface area contributed by atoms with Gasteiger partial charge in [-0.25, -0.2) is 15.0 Å². The number of pyridine rings is 1. The van der Waals surface area contributed by atoms with Crippen molar-refractivity contribution >= 4 is 17.8 Å². The van der Waals surface area contributed by atoms with Crippen molar-refractivity contribution in [1.82, 2.24) is 19.9 Å². The molecule has 1 saturated heterocycles. The molecule has 1 aliphatic heterocycles. The second-order valence-corrected chi connectivity index (χ2v) is 9.63. The van der Waals surface area contributed by atoms with Crippen LogP contribution in [0.5, 0.6) is 0 Å². The Morgan fingerprint density at radius 3 is 2.49 bits per heavy atom. The molecule has 3 heterocycles. The lowest BCUT2D eigenvalue weighted by Gasteiger charge is -2.32. The van der Waals surface area contributed by atoms with Crippen molar-refractivity contribution in [2.75, 3.05) is 30.8 Å². The number of aldehydes is 1. The smallest absolute Gasteiger partial charge is 0.234 e. The van der Waals surface area contributed by atoms with E-state index in [0.29, 0.717) is 11.9 Å². The number of aromatic nitrogens is 3. The Morgan fingerprint density at radius 2 is 1.79 bits per heavy atom. The Balaban J connectivity index is 1.28. The van der Waals surface area contributed by atoms with Gasteiger partial charge in [0.2, 0.25) is 5.82 Å². The lowest BCUT2D eigenvalue weighted by Crippen LogP contribution is -2.38. The molecule has 1 fully saturated rings. The number of nitrogens with one attached hydrogen (secondary N) is 2. The molecule has 0 bridgehead atoms. The number of piperidine rings is 1. The number of hydrogen-bond acceptors (Lipinski definition) is 8.